The van der Waals surface area contributed by atoms with E-state index in [2.05, 4.69) is 4.98 Å². The van der Waals surface area contributed by atoms with Crippen LogP contribution in [0.1, 0.15) is 23.6 Å². The van der Waals surface area contributed by atoms with Crippen LogP contribution < -0.4 is 5.56 Å². The Morgan fingerprint density at radius 2 is 2.07 bits per heavy atom. The number of hydrogen-bond donors (Lipinski definition) is 1. The van der Waals surface area contributed by atoms with Gasteiger partial charge >= 0.3 is 5.97 Å². The van der Waals surface area contributed by atoms with Crippen molar-refractivity contribution in [1.82, 2.24) is 9.55 Å². The SMILES string of the molecule is C[C@@]1(O)C(=O)OCc2c1cc1n(c2=O)Cc2cc3cc([N+](=O)[O-])ccc3nc2-1. The number of carbonyl (C=O) groups excluding carboxylic acids is 1. The molecule has 140 valence electrons. The molecule has 0 saturated heterocycles. The highest BCUT2D eigenvalue weighted by Crippen LogP contribution is 2.37. The van der Waals surface area contributed by atoms with Gasteiger partial charge in [-0.3, -0.25) is 14.9 Å². The monoisotopic (exact) mass is 379 g/mol. The molecule has 1 N–H and O–H groups in total. The Balaban J connectivity index is 1.75. The van der Waals surface area contributed by atoms with E-state index in [9.17, 15) is 24.8 Å². The van der Waals surface area contributed by atoms with Gasteiger partial charge in [-0.2, -0.15) is 0 Å². The Kier molecular flexibility index (Phi) is 3.10. The van der Waals surface area contributed by atoms with Crippen molar-refractivity contribution in [1.29, 1.82) is 0 Å². The van der Waals surface area contributed by atoms with Gasteiger partial charge in [-0.1, -0.05) is 0 Å². The van der Waals surface area contributed by atoms with Crippen molar-refractivity contribution in [3.63, 3.8) is 0 Å². The maximum atomic E-state index is 12.9. The van der Waals surface area contributed by atoms with Gasteiger partial charge in [0, 0.05) is 28.6 Å². The topological polar surface area (TPSA) is 125 Å². The average Bonchev–Trinajstić information content (AvgIpc) is 3.01. The summed E-state index contributed by atoms with van der Waals surface area (Å²) in [6.45, 7) is 1.35. The molecule has 2 aromatic heterocycles. The van der Waals surface area contributed by atoms with E-state index in [-0.39, 0.29) is 35.5 Å². The number of cyclic esters (lactones) is 1. The number of benzene rings is 1. The molecule has 5 rings (SSSR count). The Labute approximate surface area is 157 Å². The first-order valence-electron chi connectivity index (χ1n) is 8.52. The van der Waals surface area contributed by atoms with E-state index in [0.29, 0.717) is 22.3 Å². The van der Waals surface area contributed by atoms with Gasteiger partial charge < -0.3 is 14.4 Å². The molecule has 4 heterocycles. The molecular weight excluding hydrogens is 366 g/mol. The lowest BCUT2D eigenvalue weighted by Crippen LogP contribution is -2.42. The number of aromatic nitrogens is 2. The lowest BCUT2D eigenvalue weighted by molar-refractivity contribution is -0.384. The van der Waals surface area contributed by atoms with Crippen LogP contribution in [0.3, 0.4) is 0 Å². The third-order valence-electron chi connectivity index (χ3n) is 5.33. The highest BCUT2D eigenvalue weighted by Gasteiger charge is 2.42. The van der Waals surface area contributed by atoms with Crippen molar-refractivity contribution < 1.29 is 19.6 Å². The van der Waals surface area contributed by atoms with Crippen molar-refractivity contribution in [3.05, 3.63) is 67.5 Å². The second kappa shape index (κ2) is 5.23. The fourth-order valence-electron chi connectivity index (χ4n) is 3.84. The quantitative estimate of drug-likeness (QED) is 0.302. The van der Waals surface area contributed by atoms with Crippen molar-refractivity contribution in [2.45, 2.75) is 25.7 Å². The molecule has 0 amide bonds. The average molecular weight is 379 g/mol. The Bertz CT molecular complexity index is 1290. The van der Waals surface area contributed by atoms with Crippen molar-refractivity contribution in [2.24, 2.45) is 0 Å². The number of nitro groups is 1. The Hall–Kier alpha value is -3.59. The number of carbonyl (C=O) groups is 1. The molecule has 0 aliphatic carbocycles. The number of aliphatic hydroxyl groups is 1. The Morgan fingerprint density at radius 1 is 1.29 bits per heavy atom. The summed E-state index contributed by atoms with van der Waals surface area (Å²) in [5, 5.41) is 22.2. The summed E-state index contributed by atoms with van der Waals surface area (Å²) in [6, 6.07) is 7.75. The molecule has 0 bridgehead atoms. The Morgan fingerprint density at radius 3 is 2.82 bits per heavy atom. The largest absolute Gasteiger partial charge is 0.458 e. The van der Waals surface area contributed by atoms with E-state index in [1.807, 2.05) is 0 Å². The minimum absolute atomic E-state index is 0.0379. The molecule has 1 atom stereocenters. The van der Waals surface area contributed by atoms with Crippen molar-refractivity contribution in [3.8, 4) is 11.4 Å². The van der Waals surface area contributed by atoms with Gasteiger partial charge in [0.1, 0.15) is 6.61 Å². The van der Waals surface area contributed by atoms with Gasteiger partial charge in [0.2, 0.25) is 0 Å². The molecule has 0 radical (unpaired) electrons. The molecule has 9 nitrogen and oxygen atoms in total. The summed E-state index contributed by atoms with van der Waals surface area (Å²) in [5.74, 6) is -0.804. The summed E-state index contributed by atoms with van der Waals surface area (Å²) >= 11 is 0. The normalized spacial score (nSPS) is 19.7. The molecule has 2 aliphatic heterocycles. The van der Waals surface area contributed by atoms with Crippen molar-refractivity contribution >= 4 is 22.6 Å². The summed E-state index contributed by atoms with van der Waals surface area (Å²) < 4.78 is 6.47. The molecule has 28 heavy (non-hydrogen) atoms. The summed E-state index contributed by atoms with van der Waals surface area (Å²) in [7, 11) is 0. The summed E-state index contributed by atoms with van der Waals surface area (Å²) in [5.41, 5.74) is 0.485. The molecule has 3 aromatic rings. The van der Waals surface area contributed by atoms with Gasteiger partial charge in [0.25, 0.3) is 11.2 Å². The molecule has 2 aliphatic rings. The first-order chi connectivity index (χ1) is 13.3. The number of nitro benzene ring substituents is 1. The number of nitrogens with zero attached hydrogens (tertiary/aromatic N) is 3. The zero-order chi connectivity index (χ0) is 19.8. The summed E-state index contributed by atoms with van der Waals surface area (Å²) in [6.07, 6.45) is 0. The van der Waals surface area contributed by atoms with E-state index in [0.717, 1.165) is 5.56 Å². The van der Waals surface area contributed by atoms with Crippen LogP contribution in [0.4, 0.5) is 5.69 Å². The molecule has 9 heteroatoms. The van der Waals surface area contributed by atoms with Crippen LogP contribution in [-0.4, -0.2) is 25.6 Å². The van der Waals surface area contributed by atoms with E-state index >= 15 is 0 Å². The fraction of sp³-hybridized carbons (Fsp3) is 0.211. The lowest BCUT2D eigenvalue weighted by atomic mass is 9.90. The lowest BCUT2D eigenvalue weighted by Gasteiger charge is -2.29. The highest BCUT2D eigenvalue weighted by atomic mass is 16.6. The molecule has 0 unspecified atom stereocenters. The number of esters is 1. The molecule has 0 saturated carbocycles. The maximum absolute atomic E-state index is 12.9. The van der Waals surface area contributed by atoms with Crippen molar-refractivity contribution in [2.75, 3.05) is 0 Å². The van der Waals surface area contributed by atoms with Gasteiger partial charge in [-0.15, -0.1) is 0 Å². The molecule has 1 aromatic carbocycles. The second-order valence-corrected chi connectivity index (χ2v) is 7.09. The van der Waals surface area contributed by atoms with Gasteiger partial charge in [-0.25, -0.2) is 9.78 Å². The predicted octanol–water partition coefficient (Wildman–Crippen LogP) is 1.60. The predicted molar refractivity (Wildman–Crippen MR) is 96.6 cm³/mol. The smallest absolute Gasteiger partial charge is 0.342 e. The highest BCUT2D eigenvalue weighted by molar-refractivity contribution is 5.87. The zero-order valence-electron chi connectivity index (χ0n) is 14.6. The molecular formula is C19H13N3O6. The number of fused-ring (bicyclic) bond motifs is 5. The van der Waals surface area contributed by atoms with E-state index in [1.165, 1.54) is 23.6 Å². The third kappa shape index (κ3) is 2.07. The zero-order valence-corrected chi connectivity index (χ0v) is 14.6. The minimum Gasteiger partial charge on any atom is -0.458 e. The number of ether oxygens (including phenoxy) is 1. The van der Waals surface area contributed by atoms with Crippen LogP contribution in [0.5, 0.6) is 0 Å². The maximum Gasteiger partial charge on any atom is 0.342 e. The van der Waals surface area contributed by atoms with E-state index in [4.69, 9.17) is 4.74 Å². The van der Waals surface area contributed by atoms with Crippen LogP contribution in [0.15, 0.2) is 35.1 Å². The number of hydrogen-bond acceptors (Lipinski definition) is 7. The first kappa shape index (κ1) is 16.6. The number of rotatable bonds is 1. The van der Waals surface area contributed by atoms with Gasteiger partial charge in [0.05, 0.1) is 33.9 Å². The van der Waals surface area contributed by atoms with Crippen LogP contribution >= 0.6 is 0 Å². The van der Waals surface area contributed by atoms with Crippen LogP contribution in [0, 0.1) is 10.1 Å². The van der Waals surface area contributed by atoms with Gasteiger partial charge in [-0.05, 0) is 25.1 Å². The second-order valence-electron chi connectivity index (χ2n) is 7.09. The first-order valence-corrected chi connectivity index (χ1v) is 8.52. The fourth-order valence-corrected chi connectivity index (χ4v) is 3.84. The third-order valence-corrected chi connectivity index (χ3v) is 5.33. The van der Waals surface area contributed by atoms with Gasteiger partial charge in [0.15, 0.2) is 5.60 Å². The van der Waals surface area contributed by atoms with E-state index in [1.54, 1.807) is 18.2 Å². The number of pyridine rings is 2. The van der Waals surface area contributed by atoms with Crippen LogP contribution in [0.2, 0.25) is 0 Å². The minimum atomic E-state index is -1.91. The standard InChI is InChI=1S/C19H13N3O6/c1-19(25)13-6-15-16-10(7-21(15)17(23)12(13)8-28-18(19)24)4-9-5-11(22(26)27)2-3-14(9)20-16/h2-6,25H,7-8H2,1H3/t19-/m0/s1. The molecule has 0 spiro atoms. The van der Waals surface area contributed by atoms with Crippen LogP contribution in [-0.2, 0) is 28.3 Å². The van der Waals surface area contributed by atoms with E-state index < -0.39 is 16.5 Å². The summed E-state index contributed by atoms with van der Waals surface area (Å²) in [4.78, 5) is 40.0. The number of non-ortho nitro benzene ring substituents is 1. The molecule has 0 fully saturated rings. The van der Waals surface area contributed by atoms with Crippen LogP contribution in [0.25, 0.3) is 22.3 Å².